The van der Waals surface area contributed by atoms with Crippen LogP contribution in [0.5, 0.6) is 5.75 Å². The molecule has 0 unspecified atom stereocenters. The van der Waals surface area contributed by atoms with Gasteiger partial charge in [-0.15, -0.1) is 0 Å². The fourth-order valence-electron chi connectivity index (χ4n) is 3.84. The largest absolute Gasteiger partial charge is 0.491 e. The SMILES string of the molecule is COc1c(-c2ccc(C#N)cc2)nn(CC2CC2)c1Nc1cc(-n2nc(C)cc2C)ncn1. The molecule has 0 radical (unpaired) electrons. The molecule has 0 saturated heterocycles. The number of aromatic nitrogens is 6. The minimum atomic E-state index is 0.603. The number of nitriles is 1. The molecule has 1 aliphatic rings. The topological polar surface area (TPSA) is 106 Å². The van der Waals surface area contributed by atoms with Gasteiger partial charge < -0.3 is 10.1 Å². The van der Waals surface area contributed by atoms with Gasteiger partial charge in [0.15, 0.2) is 17.4 Å². The summed E-state index contributed by atoms with van der Waals surface area (Å²) in [4.78, 5) is 8.80. The van der Waals surface area contributed by atoms with E-state index in [9.17, 15) is 0 Å². The summed E-state index contributed by atoms with van der Waals surface area (Å²) in [6.45, 7) is 4.74. The van der Waals surface area contributed by atoms with Crippen molar-refractivity contribution < 1.29 is 4.74 Å². The van der Waals surface area contributed by atoms with E-state index >= 15 is 0 Å². The van der Waals surface area contributed by atoms with Gasteiger partial charge in [-0.25, -0.2) is 19.3 Å². The van der Waals surface area contributed by atoms with Crippen LogP contribution in [0.3, 0.4) is 0 Å². The molecule has 4 aromatic rings. The molecule has 1 fully saturated rings. The second-order valence-corrected chi connectivity index (χ2v) is 8.27. The molecule has 1 N–H and O–H groups in total. The summed E-state index contributed by atoms with van der Waals surface area (Å²) in [5, 5.41) is 21.9. The van der Waals surface area contributed by atoms with Crippen LogP contribution in [0.25, 0.3) is 17.1 Å². The Hall–Kier alpha value is -4.19. The van der Waals surface area contributed by atoms with Gasteiger partial charge in [-0.3, -0.25) is 0 Å². The lowest BCUT2D eigenvalue weighted by Gasteiger charge is -2.11. The molecular formula is C24H24N8O. The first kappa shape index (κ1) is 20.7. The average molecular weight is 441 g/mol. The molecule has 3 heterocycles. The molecule has 0 spiro atoms. The zero-order valence-electron chi connectivity index (χ0n) is 18.8. The summed E-state index contributed by atoms with van der Waals surface area (Å²) >= 11 is 0. The van der Waals surface area contributed by atoms with Crippen molar-refractivity contribution in [3.63, 3.8) is 0 Å². The zero-order valence-corrected chi connectivity index (χ0v) is 18.8. The van der Waals surface area contributed by atoms with E-state index in [1.807, 2.05) is 42.8 Å². The number of rotatable bonds is 7. The van der Waals surface area contributed by atoms with Gasteiger partial charge in [0, 0.05) is 23.9 Å². The molecule has 1 saturated carbocycles. The van der Waals surface area contributed by atoms with Crippen molar-refractivity contribution in [2.45, 2.75) is 33.2 Å². The number of aryl methyl sites for hydroxylation is 2. The Morgan fingerprint density at radius 3 is 2.55 bits per heavy atom. The van der Waals surface area contributed by atoms with Crippen molar-refractivity contribution >= 4 is 11.6 Å². The number of hydrogen-bond acceptors (Lipinski definition) is 7. The number of nitrogens with one attached hydrogen (secondary N) is 1. The lowest BCUT2D eigenvalue weighted by atomic mass is 10.1. The Morgan fingerprint density at radius 2 is 1.91 bits per heavy atom. The van der Waals surface area contributed by atoms with Crippen LogP contribution in [-0.4, -0.2) is 36.6 Å². The maximum atomic E-state index is 9.12. The van der Waals surface area contributed by atoms with Crippen molar-refractivity contribution in [3.8, 4) is 28.9 Å². The monoisotopic (exact) mass is 440 g/mol. The number of benzene rings is 1. The first-order valence-electron chi connectivity index (χ1n) is 10.8. The number of nitrogens with zero attached hydrogens (tertiary/aromatic N) is 7. The Morgan fingerprint density at radius 1 is 1.12 bits per heavy atom. The van der Waals surface area contributed by atoms with E-state index in [4.69, 9.17) is 15.1 Å². The maximum Gasteiger partial charge on any atom is 0.189 e. The number of methoxy groups -OCH3 is 1. The summed E-state index contributed by atoms with van der Waals surface area (Å²) in [5.74, 6) is 3.28. The lowest BCUT2D eigenvalue weighted by molar-refractivity contribution is 0.417. The fraction of sp³-hybridized carbons (Fsp3) is 0.292. The Kier molecular flexibility index (Phi) is 5.26. The van der Waals surface area contributed by atoms with E-state index in [1.54, 1.807) is 23.9 Å². The van der Waals surface area contributed by atoms with Gasteiger partial charge >= 0.3 is 0 Å². The highest BCUT2D eigenvalue weighted by Gasteiger charge is 2.27. The van der Waals surface area contributed by atoms with Crippen LogP contribution in [0.1, 0.15) is 29.8 Å². The van der Waals surface area contributed by atoms with Gasteiger partial charge in [-0.1, -0.05) is 12.1 Å². The smallest absolute Gasteiger partial charge is 0.189 e. The van der Waals surface area contributed by atoms with Gasteiger partial charge in [0.05, 0.1) is 24.4 Å². The van der Waals surface area contributed by atoms with Crippen molar-refractivity contribution in [1.29, 1.82) is 5.26 Å². The Bertz CT molecular complexity index is 1340. The zero-order chi connectivity index (χ0) is 22.9. The predicted octanol–water partition coefficient (Wildman–Crippen LogP) is 4.18. The van der Waals surface area contributed by atoms with Crippen LogP contribution in [0.15, 0.2) is 42.7 Å². The molecule has 166 valence electrons. The molecule has 9 nitrogen and oxygen atoms in total. The van der Waals surface area contributed by atoms with E-state index in [0.29, 0.717) is 28.9 Å². The Balaban J connectivity index is 1.54. The van der Waals surface area contributed by atoms with Crippen LogP contribution in [0, 0.1) is 31.1 Å². The van der Waals surface area contributed by atoms with E-state index in [1.165, 1.54) is 19.2 Å². The summed E-state index contributed by atoms with van der Waals surface area (Å²) in [5.41, 5.74) is 4.13. The summed E-state index contributed by atoms with van der Waals surface area (Å²) in [7, 11) is 1.64. The maximum absolute atomic E-state index is 9.12. The molecule has 5 rings (SSSR count). The highest BCUT2D eigenvalue weighted by atomic mass is 16.5. The minimum Gasteiger partial charge on any atom is -0.491 e. The highest BCUT2D eigenvalue weighted by molar-refractivity contribution is 5.76. The standard InChI is InChI=1S/C24H24N8O/c1-15-10-16(2)32(29-15)21-11-20(26-14-27-21)28-24-23(33-3)22(30-31(24)13-18-4-5-18)19-8-6-17(12-25)7-9-19/h6-11,14,18H,4-5,13H2,1-3H3,(H,26,27,28). The second kappa shape index (κ2) is 8.39. The number of hydrogen-bond donors (Lipinski definition) is 1. The molecule has 3 aromatic heterocycles. The summed E-state index contributed by atoms with van der Waals surface area (Å²) < 4.78 is 9.56. The van der Waals surface area contributed by atoms with Crippen molar-refractivity contribution in [3.05, 3.63) is 59.7 Å². The lowest BCUT2D eigenvalue weighted by Crippen LogP contribution is -2.09. The quantitative estimate of drug-likeness (QED) is 0.459. The third kappa shape index (κ3) is 4.15. The third-order valence-corrected chi connectivity index (χ3v) is 5.65. The molecule has 0 aliphatic heterocycles. The molecule has 33 heavy (non-hydrogen) atoms. The summed E-state index contributed by atoms with van der Waals surface area (Å²) in [6.07, 6.45) is 3.91. The van der Waals surface area contributed by atoms with Crippen LogP contribution < -0.4 is 10.1 Å². The molecular weight excluding hydrogens is 416 g/mol. The summed E-state index contributed by atoms with van der Waals surface area (Å²) in [6, 6.07) is 13.4. The second-order valence-electron chi connectivity index (χ2n) is 8.27. The van der Waals surface area contributed by atoms with Crippen molar-refractivity contribution in [2.75, 3.05) is 12.4 Å². The van der Waals surface area contributed by atoms with E-state index in [2.05, 4.69) is 26.5 Å². The molecule has 1 aliphatic carbocycles. The van der Waals surface area contributed by atoms with E-state index in [-0.39, 0.29) is 0 Å². The normalized spacial score (nSPS) is 13.0. The van der Waals surface area contributed by atoms with Gasteiger partial charge in [-0.2, -0.15) is 15.5 Å². The third-order valence-electron chi connectivity index (χ3n) is 5.65. The highest BCUT2D eigenvalue weighted by Crippen LogP contribution is 2.40. The average Bonchev–Trinajstić information content (AvgIpc) is 3.49. The predicted molar refractivity (Wildman–Crippen MR) is 124 cm³/mol. The van der Waals surface area contributed by atoms with Gasteiger partial charge in [0.25, 0.3) is 0 Å². The van der Waals surface area contributed by atoms with E-state index in [0.717, 1.165) is 35.0 Å². The minimum absolute atomic E-state index is 0.603. The van der Waals surface area contributed by atoms with E-state index < -0.39 is 0 Å². The molecule has 0 bridgehead atoms. The Labute approximate surface area is 191 Å². The molecule has 0 amide bonds. The first-order chi connectivity index (χ1) is 16.1. The van der Waals surface area contributed by atoms with Gasteiger partial charge in [-0.05, 0) is 50.8 Å². The van der Waals surface area contributed by atoms with Crippen LogP contribution >= 0.6 is 0 Å². The van der Waals surface area contributed by atoms with Gasteiger partial charge in [0.2, 0.25) is 0 Å². The number of anilines is 2. The van der Waals surface area contributed by atoms with Crippen molar-refractivity contribution in [1.82, 2.24) is 29.5 Å². The van der Waals surface area contributed by atoms with Crippen molar-refractivity contribution in [2.24, 2.45) is 5.92 Å². The molecule has 9 heteroatoms. The fourth-order valence-corrected chi connectivity index (χ4v) is 3.84. The molecule has 0 atom stereocenters. The van der Waals surface area contributed by atoms with Crippen LogP contribution in [0.2, 0.25) is 0 Å². The first-order valence-corrected chi connectivity index (χ1v) is 10.8. The van der Waals surface area contributed by atoms with Crippen LogP contribution in [0.4, 0.5) is 11.6 Å². The number of ether oxygens (including phenoxy) is 1. The molecule has 1 aromatic carbocycles. The van der Waals surface area contributed by atoms with Gasteiger partial charge in [0.1, 0.15) is 17.8 Å². The van der Waals surface area contributed by atoms with Crippen LogP contribution in [-0.2, 0) is 6.54 Å².